The SMILES string of the molecule is COc1ccc(CN(C(=O)OCc2ccc(OC[18F])cc2)C(c2ccccc2)(c2ccccc2)c2ccccc2)cc1. The first-order valence-corrected chi connectivity index (χ1v) is 13.7. The molecule has 0 aromatic heterocycles. The van der Waals surface area contributed by atoms with Crippen molar-refractivity contribution >= 4 is 6.09 Å². The molecular weight excluding hydrogens is 528 g/mol. The molecule has 0 N–H and O–H groups in total. The van der Waals surface area contributed by atoms with Crippen LogP contribution >= 0.6 is 0 Å². The minimum absolute atomic E-state index is 0.0301. The first kappa shape index (κ1) is 28.4. The minimum Gasteiger partial charge on any atom is -0.497 e. The molecule has 5 rings (SSSR count). The summed E-state index contributed by atoms with van der Waals surface area (Å²) in [4.78, 5) is 16.2. The Morgan fingerprint density at radius 2 is 1.10 bits per heavy atom. The average molecular weight is 561 g/mol. The quantitative estimate of drug-likeness (QED) is 0.153. The van der Waals surface area contributed by atoms with Crippen molar-refractivity contribution in [3.05, 3.63) is 167 Å². The lowest BCUT2D eigenvalue weighted by atomic mass is 9.75. The molecule has 5 aromatic carbocycles. The minimum atomic E-state index is -1.03. The van der Waals surface area contributed by atoms with Crippen LogP contribution in [-0.4, -0.2) is 25.0 Å². The van der Waals surface area contributed by atoms with Crippen molar-refractivity contribution < 1.29 is 23.4 Å². The molecule has 0 spiro atoms. The van der Waals surface area contributed by atoms with Crippen molar-refractivity contribution in [2.75, 3.05) is 14.0 Å². The van der Waals surface area contributed by atoms with Crippen molar-refractivity contribution in [1.82, 2.24) is 4.90 Å². The summed E-state index contributed by atoms with van der Waals surface area (Å²) in [7, 11) is 1.63. The van der Waals surface area contributed by atoms with Crippen LogP contribution in [0.1, 0.15) is 27.8 Å². The zero-order valence-corrected chi connectivity index (χ0v) is 23.4. The molecule has 0 radical (unpaired) electrons. The molecule has 0 atom stereocenters. The monoisotopic (exact) mass is 560 g/mol. The summed E-state index contributed by atoms with van der Waals surface area (Å²) in [5, 5.41) is 0. The van der Waals surface area contributed by atoms with E-state index in [0.29, 0.717) is 5.75 Å². The maximum Gasteiger partial charge on any atom is 0.411 e. The van der Waals surface area contributed by atoms with E-state index in [9.17, 15) is 9.18 Å². The number of nitrogens with zero attached hydrogens (tertiary/aromatic N) is 1. The number of carbonyl (C=O) groups excluding carboxylic acids is 1. The van der Waals surface area contributed by atoms with Gasteiger partial charge in [-0.1, -0.05) is 115 Å². The van der Waals surface area contributed by atoms with Crippen LogP contribution in [0.4, 0.5) is 9.18 Å². The lowest BCUT2D eigenvalue weighted by molar-refractivity contribution is 0.0646. The molecule has 1 amide bonds. The maximum atomic E-state index is 14.4. The van der Waals surface area contributed by atoms with Gasteiger partial charge in [-0.15, -0.1) is 0 Å². The first-order valence-electron chi connectivity index (χ1n) is 13.7. The highest BCUT2D eigenvalue weighted by molar-refractivity contribution is 5.72. The molecule has 0 heterocycles. The van der Waals surface area contributed by atoms with Crippen molar-refractivity contribution in [2.45, 2.75) is 18.7 Å². The van der Waals surface area contributed by atoms with Gasteiger partial charge in [0.15, 0.2) is 0 Å². The van der Waals surface area contributed by atoms with E-state index in [1.807, 2.05) is 115 Å². The number of amides is 1. The van der Waals surface area contributed by atoms with Crippen LogP contribution in [0, 0.1) is 0 Å². The summed E-state index contributed by atoms with van der Waals surface area (Å²) in [5.74, 6) is 1.14. The van der Waals surface area contributed by atoms with E-state index in [2.05, 4.69) is 0 Å². The highest BCUT2D eigenvalue weighted by Gasteiger charge is 2.45. The summed E-state index contributed by atoms with van der Waals surface area (Å²) in [6.45, 7) is -0.623. The second-order valence-corrected chi connectivity index (χ2v) is 9.69. The van der Waals surface area contributed by atoms with Crippen LogP contribution in [0.5, 0.6) is 11.5 Å². The predicted octanol–water partition coefficient (Wildman–Crippen LogP) is 8.13. The Balaban J connectivity index is 1.64. The molecule has 5 nitrogen and oxygen atoms in total. The fraction of sp³-hybridized carbons (Fsp3) is 0.139. The van der Waals surface area contributed by atoms with E-state index >= 15 is 0 Å². The number of ether oxygens (including phenoxy) is 3. The Hall–Kier alpha value is -5.10. The number of methoxy groups -OCH3 is 1. The summed E-state index contributed by atoms with van der Waals surface area (Å²) >= 11 is 0. The van der Waals surface area contributed by atoms with Gasteiger partial charge in [0, 0.05) is 0 Å². The molecule has 5 aromatic rings. The topological polar surface area (TPSA) is 48.0 Å². The molecule has 0 aliphatic carbocycles. The number of halogens is 1. The largest absolute Gasteiger partial charge is 0.497 e. The van der Waals surface area contributed by atoms with Gasteiger partial charge in [-0.25, -0.2) is 9.18 Å². The lowest BCUT2D eigenvalue weighted by Crippen LogP contribution is -2.51. The average Bonchev–Trinajstić information content (AvgIpc) is 3.06. The predicted molar refractivity (Wildman–Crippen MR) is 161 cm³/mol. The molecule has 0 saturated carbocycles. The normalized spacial score (nSPS) is 11.0. The fourth-order valence-electron chi connectivity index (χ4n) is 5.21. The molecule has 212 valence electrons. The smallest absolute Gasteiger partial charge is 0.411 e. The maximum absolute atomic E-state index is 14.4. The number of rotatable bonds is 11. The second-order valence-electron chi connectivity index (χ2n) is 9.69. The van der Waals surface area contributed by atoms with Crippen molar-refractivity contribution in [2.24, 2.45) is 0 Å². The fourth-order valence-corrected chi connectivity index (χ4v) is 5.21. The number of hydrogen-bond donors (Lipinski definition) is 0. The molecule has 42 heavy (non-hydrogen) atoms. The van der Waals surface area contributed by atoms with E-state index in [0.717, 1.165) is 33.6 Å². The van der Waals surface area contributed by atoms with E-state index in [1.165, 1.54) is 0 Å². The van der Waals surface area contributed by atoms with Crippen molar-refractivity contribution in [1.29, 1.82) is 0 Å². The summed E-state index contributed by atoms with van der Waals surface area (Å²) in [5.41, 5.74) is 3.39. The Morgan fingerprint density at radius 3 is 1.55 bits per heavy atom. The number of carbonyl (C=O) groups is 1. The van der Waals surface area contributed by atoms with Gasteiger partial charge >= 0.3 is 6.09 Å². The highest BCUT2D eigenvalue weighted by Crippen LogP contribution is 2.43. The summed E-state index contributed by atoms with van der Waals surface area (Å²) in [6.07, 6.45) is -0.494. The third kappa shape index (κ3) is 6.13. The number of hydrogen-bond acceptors (Lipinski definition) is 4. The Bertz CT molecular complexity index is 1450. The van der Waals surface area contributed by atoms with E-state index in [1.54, 1.807) is 36.3 Å². The van der Waals surface area contributed by atoms with E-state index in [4.69, 9.17) is 14.2 Å². The molecule has 0 unspecified atom stereocenters. The molecule has 0 fully saturated rings. The summed E-state index contributed by atoms with van der Waals surface area (Å²) < 4.78 is 28.9. The van der Waals surface area contributed by atoms with Crippen LogP contribution in [0.25, 0.3) is 0 Å². The van der Waals surface area contributed by atoms with Gasteiger partial charge in [-0.3, -0.25) is 4.90 Å². The summed E-state index contributed by atoms with van der Waals surface area (Å²) in [6, 6.07) is 44.5. The number of alkyl halides is 1. The van der Waals surface area contributed by atoms with Gasteiger partial charge in [0.1, 0.15) is 23.6 Å². The molecule has 0 aliphatic heterocycles. The molecule has 6 heteroatoms. The van der Waals surface area contributed by atoms with Crippen LogP contribution in [-0.2, 0) is 23.4 Å². The Kier molecular flexibility index (Phi) is 9.14. The zero-order chi connectivity index (χ0) is 29.2. The van der Waals surface area contributed by atoms with Crippen LogP contribution in [0.15, 0.2) is 140 Å². The Morgan fingerprint density at radius 1 is 0.643 bits per heavy atom. The van der Waals surface area contributed by atoms with Crippen molar-refractivity contribution in [3.63, 3.8) is 0 Å². The molecule has 0 saturated heterocycles. The molecular formula is C36H32FNO4. The zero-order valence-electron chi connectivity index (χ0n) is 23.4. The third-order valence-electron chi connectivity index (χ3n) is 7.21. The third-order valence-corrected chi connectivity index (χ3v) is 7.21. The van der Waals surface area contributed by atoms with Gasteiger partial charge in [-0.2, -0.15) is 0 Å². The highest BCUT2D eigenvalue weighted by atomic mass is 18.2. The second kappa shape index (κ2) is 13.5. The van der Waals surface area contributed by atoms with Gasteiger partial charge < -0.3 is 14.2 Å². The van der Waals surface area contributed by atoms with Gasteiger partial charge in [0.05, 0.1) is 13.7 Å². The van der Waals surface area contributed by atoms with Gasteiger partial charge in [0.2, 0.25) is 6.86 Å². The van der Waals surface area contributed by atoms with E-state index in [-0.39, 0.29) is 13.2 Å². The van der Waals surface area contributed by atoms with Crippen LogP contribution in [0.2, 0.25) is 0 Å². The molecule has 0 aliphatic rings. The molecule has 0 bridgehead atoms. The van der Waals surface area contributed by atoms with Crippen LogP contribution in [0.3, 0.4) is 0 Å². The first-order chi connectivity index (χ1) is 20.6. The number of benzene rings is 5. The standard InChI is InChI=1S/C36H32FNO4/c1-40-33-21-17-28(18-22-33)25-38(35(39)41-26-29-19-23-34(24-20-29)42-27-37)36(30-11-5-2-6-12-30,31-13-7-3-8-14-31)32-15-9-4-10-16-32/h2-24H,25-27H2,1H3/i37-1. The van der Waals surface area contributed by atoms with Gasteiger partial charge in [-0.05, 0) is 52.1 Å². The van der Waals surface area contributed by atoms with Crippen molar-refractivity contribution in [3.8, 4) is 11.5 Å². The lowest BCUT2D eigenvalue weighted by Gasteiger charge is -2.45. The van der Waals surface area contributed by atoms with E-state index < -0.39 is 18.5 Å². The van der Waals surface area contributed by atoms with Crippen LogP contribution < -0.4 is 9.47 Å². The Labute approximate surface area is 245 Å². The van der Waals surface area contributed by atoms with Gasteiger partial charge in [0.25, 0.3) is 0 Å².